The van der Waals surface area contributed by atoms with Gasteiger partial charge < -0.3 is 0 Å². The fraction of sp³-hybridized carbons (Fsp3) is 0.455. The van der Waals surface area contributed by atoms with Crippen molar-refractivity contribution in [1.29, 1.82) is 0 Å². The van der Waals surface area contributed by atoms with Crippen molar-refractivity contribution in [2.24, 2.45) is 5.92 Å². The number of halogens is 1. The van der Waals surface area contributed by atoms with Crippen LogP contribution in [0, 0.1) is 11.7 Å². The second-order valence-corrected chi connectivity index (χ2v) is 5.73. The Labute approximate surface area is 94.0 Å². The van der Waals surface area contributed by atoms with Crippen molar-refractivity contribution in [2.75, 3.05) is 5.75 Å². The second kappa shape index (κ2) is 4.14. The Morgan fingerprint density at radius 3 is 2.88 bits per heavy atom. The normalized spacial score (nSPS) is 20.5. The third-order valence-corrected chi connectivity index (χ3v) is 3.87. The van der Waals surface area contributed by atoms with E-state index in [4.69, 9.17) is 4.55 Å². The summed E-state index contributed by atoms with van der Waals surface area (Å²) in [6, 6.07) is 4.86. The van der Waals surface area contributed by atoms with Crippen LogP contribution in [0.1, 0.15) is 17.5 Å². The van der Waals surface area contributed by atoms with Gasteiger partial charge >= 0.3 is 0 Å². The molecule has 0 aliphatic heterocycles. The first-order chi connectivity index (χ1) is 7.46. The highest BCUT2D eigenvalue weighted by atomic mass is 32.2. The molecule has 1 N–H and O–H groups in total. The summed E-state index contributed by atoms with van der Waals surface area (Å²) in [5.74, 6) is -0.560. The molecule has 5 heteroatoms. The summed E-state index contributed by atoms with van der Waals surface area (Å²) in [5.41, 5.74) is 1.55. The Hall–Kier alpha value is -0.940. The highest BCUT2D eigenvalue weighted by Gasteiger charge is 2.24. The van der Waals surface area contributed by atoms with Gasteiger partial charge in [0.15, 0.2) is 0 Å². The zero-order valence-corrected chi connectivity index (χ0v) is 9.50. The van der Waals surface area contributed by atoms with E-state index in [2.05, 4.69) is 0 Å². The Bertz CT molecular complexity index is 496. The molecule has 1 atom stereocenters. The van der Waals surface area contributed by atoms with E-state index in [1.807, 2.05) is 6.07 Å². The first-order valence-corrected chi connectivity index (χ1v) is 6.78. The van der Waals surface area contributed by atoms with Crippen LogP contribution < -0.4 is 0 Å². The van der Waals surface area contributed by atoms with Gasteiger partial charge in [0.2, 0.25) is 0 Å². The molecule has 3 nitrogen and oxygen atoms in total. The monoisotopic (exact) mass is 244 g/mol. The number of benzene rings is 1. The first kappa shape index (κ1) is 11.5. The summed E-state index contributed by atoms with van der Waals surface area (Å²) in [6.07, 6.45) is 1.67. The van der Waals surface area contributed by atoms with Crippen LogP contribution in [0.4, 0.5) is 4.39 Å². The van der Waals surface area contributed by atoms with E-state index >= 15 is 0 Å². The summed E-state index contributed by atoms with van der Waals surface area (Å²) < 4.78 is 43.7. The van der Waals surface area contributed by atoms with Gasteiger partial charge in [-0.3, -0.25) is 4.55 Å². The number of hydrogen-bond donors (Lipinski definition) is 1. The van der Waals surface area contributed by atoms with Crippen molar-refractivity contribution in [3.8, 4) is 0 Å². The molecular weight excluding hydrogens is 231 g/mol. The molecule has 0 unspecified atom stereocenters. The zero-order chi connectivity index (χ0) is 11.8. The largest absolute Gasteiger partial charge is 0.286 e. The summed E-state index contributed by atoms with van der Waals surface area (Å²) in [4.78, 5) is 0. The van der Waals surface area contributed by atoms with Crippen LogP contribution in [0.25, 0.3) is 0 Å². The third-order valence-electron chi connectivity index (χ3n) is 2.97. The second-order valence-electron chi connectivity index (χ2n) is 4.23. The predicted molar refractivity (Wildman–Crippen MR) is 58.3 cm³/mol. The van der Waals surface area contributed by atoms with Crippen molar-refractivity contribution in [2.45, 2.75) is 19.3 Å². The van der Waals surface area contributed by atoms with Crippen LogP contribution >= 0.6 is 0 Å². The molecule has 0 bridgehead atoms. The van der Waals surface area contributed by atoms with Crippen LogP contribution in [0.3, 0.4) is 0 Å². The van der Waals surface area contributed by atoms with Crippen LogP contribution in [0.15, 0.2) is 18.2 Å². The van der Waals surface area contributed by atoms with Gasteiger partial charge in [0.25, 0.3) is 10.1 Å². The minimum Gasteiger partial charge on any atom is -0.286 e. The summed E-state index contributed by atoms with van der Waals surface area (Å²) in [6.45, 7) is 0. The molecule has 0 fully saturated rings. The summed E-state index contributed by atoms with van der Waals surface area (Å²) in [5, 5.41) is 0. The van der Waals surface area contributed by atoms with Gasteiger partial charge in [-0.1, -0.05) is 12.1 Å². The van der Waals surface area contributed by atoms with Gasteiger partial charge in [-0.15, -0.1) is 0 Å². The third kappa shape index (κ3) is 2.59. The number of rotatable bonds is 2. The number of fused-ring (bicyclic) bond motifs is 1. The molecule has 0 spiro atoms. The molecule has 1 aliphatic carbocycles. The molecule has 1 aromatic carbocycles. The zero-order valence-electron chi connectivity index (χ0n) is 8.69. The molecule has 88 valence electrons. The molecule has 2 rings (SSSR count). The highest BCUT2D eigenvalue weighted by molar-refractivity contribution is 7.85. The van der Waals surface area contributed by atoms with Crippen molar-refractivity contribution in [1.82, 2.24) is 0 Å². The molecule has 0 radical (unpaired) electrons. The van der Waals surface area contributed by atoms with E-state index in [1.54, 1.807) is 6.07 Å². The molecule has 0 saturated heterocycles. The Morgan fingerprint density at radius 2 is 2.19 bits per heavy atom. The van der Waals surface area contributed by atoms with Crippen molar-refractivity contribution >= 4 is 10.1 Å². The highest BCUT2D eigenvalue weighted by Crippen LogP contribution is 2.28. The minimum atomic E-state index is -3.93. The first-order valence-electron chi connectivity index (χ1n) is 5.17. The molecule has 1 aliphatic rings. The maximum atomic E-state index is 13.4. The van der Waals surface area contributed by atoms with Crippen LogP contribution in [0.5, 0.6) is 0 Å². The molecule has 16 heavy (non-hydrogen) atoms. The lowest BCUT2D eigenvalue weighted by atomic mass is 9.85. The van der Waals surface area contributed by atoms with Gasteiger partial charge in [0.05, 0.1) is 5.75 Å². The van der Waals surface area contributed by atoms with Gasteiger partial charge in [0.1, 0.15) is 5.82 Å². The molecule has 1 aromatic rings. The quantitative estimate of drug-likeness (QED) is 0.807. The lowest BCUT2D eigenvalue weighted by molar-refractivity contribution is 0.439. The molecule has 0 saturated carbocycles. The standard InChI is InChI=1S/C11H13FO3S/c12-11-3-1-2-9-6-8(4-5-10(9)11)7-16(13,14)15/h1-3,8H,4-7H2,(H,13,14,15)/t8-/m1/s1. The van der Waals surface area contributed by atoms with E-state index in [-0.39, 0.29) is 17.5 Å². The average Bonchev–Trinajstić information content (AvgIpc) is 2.15. The van der Waals surface area contributed by atoms with E-state index in [0.717, 1.165) is 5.56 Å². The maximum absolute atomic E-state index is 13.4. The summed E-state index contributed by atoms with van der Waals surface area (Å²) >= 11 is 0. The van der Waals surface area contributed by atoms with Gasteiger partial charge in [-0.25, -0.2) is 4.39 Å². The van der Waals surface area contributed by atoms with Crippen LogP contribution in [0.2, 0.25) is 0 Å². The van der Waals surface area contributed by atoms with E-state index < -0.39 is 10.1 Å². The Morgan fingerprint density at radius 1 is 1.44 bits per heavy atom. The summed E-state index contributed by atoms with van der Waals surface area (Å²) in [7, 11) is -3.93. The van der Waals surface area contributed by atoms with E-state index in [0.29, 0.717) is 24.8 Å². The molecule has 0 aromatic heterocycles. The topological polar surface area (TPSA) is 54.4 Å². The lowest BCUT2D eigenvalue weighted by Gasteiger charge is -2.23. The molecule has 0 heterocycles. The SMILES string of the molecule is O=S(=O)(O)C[C@@H]1CCc2c(F)cccc2C1. The smallest absolute Gasteiger partial charge is 0.265 e. The molecular formula is C11H13FO3S. The van der Waals surface area contributed by atoms with Crippen LogP contribution in [-0.4, -0.2) is 18.7 Å². The Balaban J connectivity index is 2.19. The maximum Gasteiger partial charge on any atom is 0.265 e. The fourth-order valence-corrected chi connectivity index (χ4v) is 3.16. The molecule has 0 amide bonds. The van der Waals surface area contributed by atoms with Gasteiger partial charge in [-0.05, 0) is 42.4 Å². The van der Waals surface area contributed by atoms with Gasteiger partial charge in [-0.2, -0.15) is 8.42 Å². The number of hydrogen-bond acceptors (Lipinski definition) is 2. The average molecular weight is 244 g/mol. The van der Waals surface area contributed by atoms with Crippen LogP contribution in [-0.2, 0) is 23.0 Å². The lowest BCUT2D eigenvalue weighted by Crippen LogP contribution is -2.23. The minimum absolute atomic E-state index is 0.107. The predicted octanol–water partition coefficient (Wildman–Crippen LogP) is 1.82. The fourth-order valence-electron chi connectivity index (χ4n) is 2.28. The van der Waals surface area contributed by atoms with Crippen molar-refractivity contribution < 1.29 is 17.4 Å². The van der Waals surface area contributed by atoms with E-state index in [1.165, 1.54) is 6.07 Å². The van der Waals surface area contributed by atoms with Gasteiger partial charge in [0, 0.05) is 0 Å². The van der Waals surface area contributed by atoms with Crippen molar-refractivity contribution in [3.63, 3.8) is 0 Å². The Kier molecular flexibility index (Phi) is 2.99. The van der Waals surface area contributed by atoms with Crippen molar-refractivity contribution in [3.05, 3.63) is 35.1 Å². The van der Waals surface area contributed by atoms with E-state index in [9.17, 15) is 12.8 Å².